The normalized spacial score (nSPS) is 10.8. The van der Waals surface area contributed by atoms with Crippen LogP contribution in [0.4, 0.5) is 0 Å². The van der Waals surface area contributed by atoms with Gasteiger partial charge in [0.2, 0.25) is 0 Å². The molecule has 0 spiro atoms. The van der Waals surface area contributed by atoms with Crippen molar-refractivity contribution < 1.29 is 4.79 Å². The number of halogens is 2. The number of rotatable bonds is 1. The molecular weight excluding hydrogens is 281 g/mol. The Kier molecular flexibility index (Phi) is 3.05. The fraction of sp³-hybridized carbons (Fsp3) is 0. The Hall–Kier alpha value is -1.77. The average molecular weight is 290 g/mol. The maximum Gasteiger partial charge on any atom is 0.263 e. The molecule has 0 N–H and O–H groups in total. The molecule has 0 aliphatic carbocycles. The molecule has 0 aliphatic rings. The van der Waals surface area contributed by atoms with Gasteiger partial charge in [0, 0.05) is 16.6 Å². The van der Waals surface area contributed by atoms with E-state index in [9.17, 15) is 4.79 Å². The number of hydrogen-bond donors (Lipinski definition) is 0. The second kappa shape index (κ2) is 4.72. The SMILES string of the molecule is O=C(c1ccccc1Cl)n1ccc2c(Cl)cccc21. The Bertz CT molecular complexity index is 777. The number of carbonyl (C=O) groups is 1. The van der Waals surface area contributed by atoms with Crippen LogP contribution in [0.15, 0.2) is 54.7 Å². The average Bonchev–Trinajstić information content (AvgIpc) is 2.84. The molecule has 2 aromatic carbocycles. The second-order valence-electron chi connectivity index (χ2n) is 4.14. The van der Waals surface area contributed by atoms with E-state index in [2.05, 4.69) is 0 Å². The number of carbonyl (C=O) groups excluding carboxylic acids is 1. The number of fused-ring (bicyclic) bond motifs is 1. The molecule has 0 bridgehead atoms. The van der Waals surface area contributed by atoms with E-state index in [4.69, 9.17) is 23.2 Å². The van der Waals surface area contributed by atoms with E-state index in [1.165, 1.54) is 0 Å². The van der Waals surface area contributed by atoms with E-state index >= 15 is 0 Å². The number of hydrogen-bond acceptors (Lipinski definition) is 1. The molecule has 0 atom stereocenters. The summed E-state index contributed by atoms with van der Waals surface area (Å²) in [5.74, 6) is -0.164. The Labute approximate surface area is 120 Å². The van der Waals surface area contributed by atoms with Crippen molar-refractivity contribution in [1.82, 2.24) is 4.57 Å². The summed E-state index contributed by atoms with van der Waals surface area (Å²) in [5, 5.41) is 1.92. The standard InChI is InChI=1S/C15H9Cl2NO/c16-12-6-3-7-14-10(12)8-9-18(14)15(19)11-4-1-2-5-13(11)17/h1-9H. The first kappa shape index (κ1) is 12.3. The fourth-order valence-electron chi connectivity index (χ4n) is 2.07. The highest BCUT2D eigenvalue weighted by Crippen LogP contribution is 2.26. The zero-order valence-corrected chi connectivity index (χ0v) is 11.3. The van der Waals surface area contributed by atoms with Gasteiger partial charge in [-0.2, -0.15) is 0 Å². The fourth-order valence-corrected chi connectivity index (χ4v) is 2.52. The summed E-state index contributed by atoms with van der Waals surface area (Å²) in [4.78, 5) is 12.5. The third-order valence-electron chi connectivity index (χ3n) is 3.00. The minimum absolute atomic E-state index is 0.164. The molecular formula is C15H9Cl2NO. The van der Waals surface area contributed by atoms with Gasteiger partial charge >= 0.3 is 0 Å². The topological polar surface area (TPSA) is 22.0 Å². The van der Waals surface area contributed by atoms with Crippen LogP contribution in [-0.4, -0.2) is 10.5 Å². The lowest BCUT2D eigenvalue weighted by molar-refractivity contribution is 0.0965. The van der Waals surface area contributed by atoms with Crippen LogP contribution in [-0.2, 0) is 0 Å². The van der Waals surface area contributed by atoms with E-state index in [1.807, 2.05) is 18.2 Å². The molecule has 1 aromatic heterocycles. The Morgan fingerprint density at radius 3 is 2.42 bits per heavy atom. The maximum atomic E-state index is 12.5. The lowest BCUT2D eigenvalue weighted by Crippen LogP contribution is -2.11. The zero-order chi connectivity index (χ0) is 13.4. The summed E-state index contributed by atoms with van der Waals surface area (Å²) >= 11 is 12.2. The first-order valence-electron chi connectivity index (χ1n) is 5.73. The van der Waals surface area contributed by atoms with Crippen LogP contribution in [0.1, 0.15) is 10.4 Å². The minimum atomic E-state index is -0.164. The predicted molar refractivity (Wildman–Crippen MR) is 78.1 cm³/mol. The third-order valence-corrected chi connectivity index (χ3v) is 3.66. The molecule has 3 aromatic rings. The van der Waals surface area contributed by atoms with Gasteiger partial charge in [-0.15, -0.1) is 0 Å². The molecule has 1 heterocycles. The van der Waals surface area contributed by atoms with Crippen LogP contribution >= 0.6 is 23.2 Å². The van der Waals surface area contributed by atoms with Crippen molar-refractivity contribution >= 4 is 40.0 Å². The lowest BCUT2D eigenvalue weighted by Gasteiger charge is -2.06. The molecule has 0 aliphatic heterocycles. The summed E-state index contributed by atoms with van der Waals surface area (Å²) in [6.07, 6.45) is 1.71. The van der Waals surface area contributed by atoms with E-state index < -0.39 is 0 Å². The van der Waals surface area contributed by atoms with Gasteiger partial charge in [0.05, 0.1) is 16.1 Å². The Morgan fingerprint density at radius 2 is 1.63 bits per heavy atom. The molecule has 19 heavy (non-hydrogen) atoms. The molecule has 0 fully saturated rings. The van der Waals surface area contributed by atoms with Crippen molar-refractivity contribution in [3.05, 3.63) is 70.3 Å². The van der Waals surface area contributed by atoms with Crippen LogP contribution in [0.2, 0.25) is 10.0 Å². The number of aromatic nitrogens is 1. The second-order valence-corrected chi connectivity index (χ2v) is 4.96. The van der Waals surface area contributed by atoms with Crippen molar-refractivity contribution in [3.63, 3.8) is 0 Å². The first-order valence-corrected chi connectivity index (χ1v) is 6.49. The lowest BCUT2D eigenvalue weighted by atomic mass is 10.2. The smallest absolute Gasteiger partial charge is 0.263 e. The van der Waals surface area contributed by atoms with Gasteiger partial charge in [-0.3, -0.25) is 9.36 Å². The Balaban J connectivity index is 2.18. The summed E-state index contributed by atoms with van der Waals surface area (Å²) < 4.78 is 1.56. The van der Waals surface area contributed by atoms with E-state index in [-0.39, 0.29) is 5.91 Å². The van der Waals surface area contributed by atoms with Crippen molar-refractivity contribution in [2.75, 3.05) is 0 Å². The van der Waals surface area contributed by atoms with Gasteiger partial charge in [0.1, 0.15) is 0 Å². The maximum absolute atomic E-state index is 12.5. The summed E-state index contributed by atoms with van der Waals surface area (Å²) in [6.45, 7) is 0. The highest BCUT2D eigenvalue weighted by atomic mass is 35.5. The molecule has 3 rings (SSSR count). The molecule has 2 nitrogen and oxygen atoms in total. The summed E-state index contributed by atoms with van der Waals surface area (Å²) in [7, 11) is 0. The molecule has 94 valence electrons. The number of benzene rings is 2. The molecule has 0 amide bonds. The van der Waals surface area contributed by atoms with Gasteiger partial charge in [0.25, 0.3) is 5.91 Å². The summed E-state index contributed by atoms with van der Waals surface area (Å²) in [6, 6.07) is 14.3. The largest absolute Gasteiger partial charge is 0.283 e. The van der Waals surface area contributed by atoms with Crippen molar-refractivity contribution in [3.8, 4) is 0 Å². The number of nitrogens with zero attached hydrogens (tertiary/aromatic N) is 1. The van der Waals surface area contributed by atoms with E-state index in [0.29, 0.717) is 15.6 Å². The zero-order valence-electron chi connectivity index (χ0n) is 9.81. The van der Waals surface area contributed by atoms with Crippen LogP contribution in [0.5, 0.6) is 0 Å². The highest BCUT2D eigenvalue weighted by molar-refractivity contribution is 6.36. The highest BCUT2D eigenvalue weighted by Gasteiger charge is 2.14. The molecule has 4 heteroatoms. The van der Waals surface area contributed by atoms with Crippen molar-refractivity contribution in [1.29, 1.82) is 0 Å². The third kappa shape index (κ3) is 2.03. The van der Waals surface area contributed by atoms with Gasteiger partial charge in [0.15, 0.2) is 0 Å². The van der Waals surface area contributed by atoms with Crippen molar-refractivity contribution in [2.45, 2.75) is 0 Å². The van der Waals surface area contributed by atoms with Gasteiger partial charge in [-0.1, -0.05) is 41.4 Å². The van der Waals surface area contributed by atoms with Crippen LogP contribution in [0, 0.1) is 0 Å². The summed E-state index contributed by atoms with van der Waals surface area (Å²) in [5.41, 5.74) is 1.25. The van der Waals surface area contributed by atoms with Crippen molar-refractivity contribution in [2.24, 2.45) is 0 Å². The van der Waals surface area contributed by atoms with Crippen LogP contribution < -0.4 is 0 Å². The van der Waals surface area contributed by atoms with E-state index in [1.54, 1.807) is 41.1 Å². The quantitative estimate of drug-likeness (QED) is 0.640. The monoisotopic (exact) mass is 289 g/mol. The molecule has 0 saturated heterocycles. The molecule has 0 radical (unpaired) electrons. The van der Waals surface area contributed by atoms with Crippen LogP contribution in [0.3, 0.4) is 0 Å². The molecule has 0 unspecified atom stereocenters. The van der Waals surface area contributed by atoms with Crippen LogP contribution in [0.25, 0.3) is 10.9 Å². The van der Waals surface area contributed by atoms with E-state index in [0.717, 1.165) is 10.9 Å². The first-order chi connectivity index (χ1) is 9.18. The van der Waals surface area contributed by atoms with Gasteiger partial charge in [-0.25, -0.2) is 0 Å². The molecule has 0 saturated carbocycles. The minimum Gasteiger partial charge on any atom is -0.283 e. The van der Waals surface area contributed by atoms with Gasteiger partial charge < -0.3 is 0 Å². The van der Waals surface area contributed by atoms with Gasteiger partial charge in [-0.05, 0) is 30.3 Å². The predicted octanol–water partition coefficient (Wildman–Crippen LogP) is 4.64. The Morgan fingerprint density at radius 1 is 0.895 bits per heavy atom.